The summed E-state index contributed by atoms with van der Waals surface area (Å²) in [6, 6.07) is 0. The molecule has 0 aromatic rings. The zero-order valence-corrected chi connectivity index (χ0v) is 8.89. The number of thioether (sulfide) groups is 1. The Kier molecular flexibility index (Phi) is 6.40. The van der Waals surface area contributed by atoms with Gasteiger partial charge in [0.25, 0.3) is 6.47 Å². The van der Waals surface area contributed by atoms with Gasteiger partial charge in [0.2, 0.25) is 5.91 Å². The van der Waals surface area contributed by atoms with Gasteiger partial charge in [-0.3, -0.25) is 9.59 Å². The van der Waals surface area contributed by atoms with Crippen molar-refractivity contribution >= 4 is 24.1 Å². The minimum atomic E-state index is -0.310. The third-order valence-corrected chi connectivity index (χ3v) is 2.51. The summed E-state index contributed by atoms with van der Waals surface area (Å²) < 4.78 is 4.56. The van der Waals surface area contributed by atoms with E-state index < -0.39 is 0 Å². The summed E-state index contributed by atoms with van der Waals surface area (Å²) in [5, 5.41) is 2.54. The molecule has 5 heteroatoms. The molecule has 4 nitrogen and oxygen atoms in total. The van der Waals surface area contributed by atoms with Crippen LogP contribution in [0.25, 0.3) is 0 Å². The smallest absolute Gasteiger partial charge is 0.293 e. The van der Waals surface area contributed by atoms with Gasteiger partial charge in [0.05, 0.1) is 0 Å². The van der Waals surface area contributed by atoms with E-state index in [1.165, 1.54) is 11.8 Å². The normalized spacial score (nSPS) is 12.3. The molecule has 1 N–H and O–H groups in total. The van der Waals surface area contributed by atoms with Crippen LogP contribution in [0.3, 0.4) is 0 Å². The topological polar surface area (TPSA) is 55.4 Å². The van der Waals surface area contributed by atoms with Crippen molar-refractivity contribution in [3.8, 4) is 0 Å². The Morgan fingerprint density at radius 3 is 2.62 bits per heavy atom. The average molecular weight is 205 g/mol. The Balaban J connectivity index is 4.01. The molecule has 0 aromatic heterocycles. The number of carbonyl (C=O) groups excluding carboxylic acids is 2. The van der Waals surface area contributed by atoms with Gasteiger partial charge in [-0.25, -0.2) is 0 Å². The highest BCUT2D eigenvalue weighted by Crippen LogP contribution is 2.17. The second-order valence-electron chi connectivity index (χ2n) is 2.72. The molecule has 1 unspecified atom stereocenters. The fourth-order valence-electron chi connectivity index (χ4n) is 0.793. The maximum absolute atomic E-state index is 11.2. The minimum Gasteiger partial charge on any atom is -0.466 e. The number of carbonyl (C=O) groups is 2. The third kappa shape index (κ3) is 5.52. The molecule has 0 aliphatic carbocycles. The lowest BCUT2D eigenvalue weighted by molar-refractivity contribution is -0.130. The van der Waals surface area contributed by atoms with Crippen LogP contribution in [0.1, 0.15) is 13.8 Å². The van der Waals surface area contributed by atoms with Crippen molar-refractivity contribution in [2.24, 2.45) is 0 Å². The fourth-order valence-corrected chi connectivity index (χ4v) is 1.85. The van der Waals surface area contributed by atoms with Crippen LogP contribution < -0.4 is 5.32 Å². The lowest BCUT2D eigenvalue weighted by Crippen LogP contribution is -2.33. The van der Waals surface area contributed by atoms with Crippen LogP contribution in [0, 0.1) is 0 Å². The van der Waals surface area contributed by atoms with Gasteiger partial charge in [-0.1, -0.05) is 13.8 Å². The van der Waals surface area contributed by atoms with Crippen molar-refractivity contribution in [1.29, 1.82) is 0 Å². The van der Waals surface area contributed by atoms with Gasteiger partial charge in [-0.2, -0.15) is 0 Å². The predicted octanol–water partition coefficient (Wildman–Crippen LogP) is 0.416. The monoisotopic (exact) mass is 205 g/mol. The molecule has 76 valence electrons. The first-order valence-corrected chi connectivity index (χ1v) is 4.98. The molecule has 13 heavy (non-hydrogen) atoms. The van der Waals surface area contributed by atoms with Crippen LogP contribution in [-0.2, 0) is 14.3 Å². The molecule has 0 heterocycles. The number of hydrogen-bond acceptors (Lipinski definition) is 4. The molecule has 0 aromatic carbocycles. The highest BCUT2D eigenvalue weighted by atomic mass is 32.2. The number of ether oxygens (including phenoxy) is 1. The average Bonchev–Trinajstić information content (AvgIpc) is 2.10. The minimum absolute atomic E-state index is 0.111. The van der Waals surface area contributed by atoms with Gasteiger partial charge in [0, 0.05) is 7.05 Å². The lowest BCUT2D eigenvalue weighted by atomic mass is 10.4. The Hall–Kier alpha value is -0.710. The highest BCUT2D eigenvalue weighted by molar-refractivity contribution is 8.01. The van der Waals surface area contributed by atoms with E-state index in [1.807, 2.05) is 13.8 Å². The molecule has 0 fully saturated rings. The summed E-state index contributed by atoms with van der Waals surface area (Å²) in [5.74, 6) is -0.111. The van der Waals surface area contributed by atoms with Crippen LogP contribution in [-0.4, -0.2) is 36.5 Å². The number of amides is 1. The maximum atomic E-state index is 11.2. The predicted molar refractivity (Wildman–Crippen MR) is 52.6 cm³/mol. The zero-order chi connectivity index (χ0) is 10.3. The highest BCUT2D eigenvalue weighted by Gasteiger charge is 2.19. The maximum Gasteiger partial charge on any atom is 0.293 e. The Morgan fingerprint density at radius 1 is 1.62 bits per heavy atom. The van der Waals surface area contributed by atoms with Crippen molar-refractivity contribution in [3.63, 3.8) is 0 Å². The molecule has 0 radical (unpaired) electrons. The van der Waals surface area contributed by atoms with E-state index in [0.717, 1.165) is 0 Å². The SMILES string of the molecule is CNC(=O)C(COC=O)SC(C)C. The standard InChI is InChI=1S/C8H15NO3S/c1-6(2)13-7(4-12-5-10)8(11)9-3/h5-7H,4H2,1-3H3,(H,9,11). The van der Waals surface area contributed by atoms with Crippen molar-refractivity contribution in [2.45, 2.75) is 24.3 Å². The number of hydrogen-bond donors (Lipinski definition) is 1. The van der Waals surface area contributed by atoms with Crippen molar-refractivity contribution in [3.05, 3.63) is 0 Å². The first-order valence-electron chi connectivity index (χ1n) is 4.04. The Bertz CT molecular complexity index is 173. The van der Waals surface area contributed by atoms with E-state index in [9.17, 15) is 9.59 Å². The van der Waals surface area contributed by atoms with Gasteiger partial charge in [-0.15, -0.1) is 11.8 Å². The van der Waals surface area contributed by atoms with Crippen molar-refractivity contribution < 1.29 is 14.3 Å². The van der Waals surface area contributed by atoms with Gasteiger partial charge in [0.15, 0.2) is 0 Å². The molecule has 0 saturated heterocycles. The second-order valence-corrected chi connectivity index (χ2v) is 4.50. The van der Waals surface area contributed by atoms with Crippen LogP contribution >= 0.6 is 11.8 Å². The van der Waals surface area contributed by atoms with Crippen molar-refractivity contribution in [1.82, 2.24) is 5.32 Å². The molecular formula is C8H15NO3S. The van der Waals surface area contributed by atoms with Gasteiger partial charge in [-0.05, 0) is 5.25 Å². The molecule has 1 amide bonds. The molecule has 0 rings (SSSR count). The Morgan fingerprint density at radius 2 is 2.23 bits per heavy atom. The van der Waals surface area contributed by atoms with E-state index in [1.54, 1.807) is 7.05 Å². The molecule has 0 saturated carbocycles. The molecule has 0 aliphatic heterocycles. The molecule has 0 aliphatic rings. The molecule has 0 spiro atoms. The second kappa shape index (κ2) is 6.77. The Labute approximate surface area is 82.4 Å². The van der Waals surface area contributed by atoms with Crippen molar-refractivity contribution in [2.75, 3.05) is 13.7 Å². The first kappa shape index (κ1) is 12.3. The largest absolute Gasteiger partial charge is 0.466 e. The number of rotatable bonds is 6. The van der Waals surface area contributed by atoms with Gasteiger partial charge < -0.3 is 10.1 Å². The number of nitrogens with one attached hydrogen (secondary N) is 1. The molecular weight excluding hydrogens is 190 g/mol. The van der Waals surface area contributed by atoms with Gasteiger partial charge >= 0.3 is 0 Å². The lowest BCUT2D eigenvalue weighted by Gasteiger charge is -2.15. The quantitative estimate of drug-likeness (QED) is 0.638. The van der Waals surface area contributed by atoms with Crippen LogP contribution in [0.4, 0.5) is 0 Å². The van der Waals surface area contributed by atoms with E-state index in [4.69, 9.17) is 0 Å². The van der Waals surface area contributed by atoms with E-state index in [0.29, 0.717) is 11.7 Å². The van der Waals surface area contributed by atoms with E-state index in [2.05, 4.69) is 10.1 Å². The van der Waals surface area contributed by atoms with Gasteiger partial charge in [0.1, 0.15) is 11.9 Å². The summed E-state index contributed by atoms with van der Waals surface area (Å²) in [6.45, 7) is 4.46. The first-order chi connectivity index (χ1) is 6.11. The summed E-state index contributed by atoms with van der Waals surface area (Å²) >= 11 is 1.48. The molecule has 1 atom stereocenters. The van der Waals surface area contributed by atoms with Crippen LogP contribution in [0.15, 0.2) is 0 Å². The molecule has 0 bridgehead atoms. The summed E-state index contributed by atoms with van der Waals surface area (Å²) in [4.78, 5) is 21.2. The summed E-state index contributed by atoms with van der Waals surface area (Å²) in [6.07, 6.45) is 0. The third-order valence-electron chi connectivity index (χ3n) is 1.29. The zero-order valence-electron chi connectivity index (χ0n) is 8.07. The van der Waals surface area contributed by atoms with Crippen LogP contribution in [0.5, 0.6) is 0 Å². The summed E-state index contributed by atoms with van der Waals surface area (Å²) in [7, 11) is 1.57. The van der Waals surface area contributed by atoms with E-state index in [-0.39, 0.29) is 17.8 Å². The van der Waals surface area contributed by atoms with E-state index >= 15 is 0 Å². The summed E-state index contributed by atoms with van der Waals surface area (Å²) in [5.41, 5.74) is 0. The van der Waals surface area contributed by atoms with Crippen LogP contribution in [0.2, 0.25) is 0 Å². The fraction of sp³-hybridized carbons (Fsp3) is 0.750.